The SMILES string of the molecule is NCc1cc(NC(=O)c2ccco2)ccc1F. The Balaban J connectivity index is 2.16. The molecule has 4 nitrogen and oxygen atoms in total. The summed E-state index contributed by atoms with van der Waals surface area (Å²) in [5.41, 5.74) is 6.20. The Morgan fingerprint density at radius 3 is 2.88 bits per heavy atom. The summed E-state index contributed by atoms with van der Waals surface area (Å²) in [5, 5.41) is 2.59. The molecule has 0 aliphatic carbocycles. The van der Waals surface area contributed by atoms with Crippen molar-refractivity contribution in [3.63, 3.8) is 0 Å². The van der Waals surface area contributed by atoms with E-state index in [2.05, 4.69) is 5.32 Å². The molecule has 2 aromatic rings. The van der Waals surface area contributed by atoms with E-state index in [1.54, 1.807) is 12.1 Å². The molecule has 1 aromatic heterocycles. The summed E-state index contributed by atoms with van der Waals surface area (Å²) in [6, 6.07) is 7.39. The summed E-state index contributed by atoms with van der Waals surface area (Å²) < 4.78 is 18.1. The van der Waals surface area contributed by atoms with Gasteiger partial charge in [-0.25, -0.2) is 4.39 Å². The van der Waals surface area contributed by atoms with Crippen LogP contribution < -0.4 is 11.1 Å². The van der Waals surface area contributed by atoms with Crippen molar-refractivity contribution in [3.8, 4) is 0 Å². The molecule has 0 fully saturated rings. The first-order valence-electron chi connectivity index (χ1n) is 5.04. The van der Waals surface area contributed by atoms with Crippen LogP contribution in [0.25, 0.3) is 0 Å². The molecule has 17 heavy (non-hydrogen) atoms. The molecule has 0 aliphatic heterocycles. The second kappa shape index (κ2) is 4.80. The van der Waals surface area contributed by atoms with Gasteiger partial charge in [-0.1, -0.05) is 0 Å². The van der Waals surface area contributed by atoms with Gasteiger partial charge in [-0.05, 0) is 30.3 Å². The van der Waals surface area contributed by atoms with E-state index in [1.165, 1.54) is 24.5 Å². The molecule has 1 aromatic carbocycles. The van der Waals surface area contributed by atoms with Crippen LogP contribution >= 0.6 is 0 Å². The predicted molar refractivity (Wildman–Crippen MR) is 61.0 cm³/mol. The molecule has 1 heterocycles. The maximum Gasteiger partial charge on any atom is 0.291 e. The summed E-state index contributed by atoms with van der Waals surface area (Å²) in [7, 11) is 0. The summed E-state index contributed by atoms with van der Waals surface area (Å²) in [5.74, 6) is -0.572. The molecule has 0 atom stereocenters. The number of benzene rings is 1. The molecule has 0 saturated carbocycles. The number of furan rings is 1. The molecule has 0 radical (unpaired) electrons. The van der Waals surface area contributed by atoms with Crippen molar-refractivity contribution in [2.75, 3.05) is 5.32 Å². The Morgan fingerprint density at radius 2 is 2.24 bits per heavy atom. The van der Waals surface area contributed by atoms with E-state index in [0.717, 1.165) is 0 Å². The van der Waals surface area contributed by atoms with Crippen LogP contribution in [0.3, 0.4) is 0 Å². The van der Waals surface area contributed by atoms with Gasteiger partial charge in [0.1, 0.15) is 5.82 Å². The second-order valence-electron chi connectivity index (χ2n) is 3.44. The minimum absolute atomic E-state index is 0.0797. The van der Waals surface area contributed by atoms with Crippen molar-refractivity contribution in [2.45, 2.75) is 6.54 Å². The van der Waals surface area contributed by atoms with Crippen molar-refractivity contribution in [1.29, 1.82) is 0 Å². The van der Waals surface area contributed by atoms with Crippen molar-refractivity contribution in [3.05, 3.63) is 53.7 Å². The first-order chi connectivity index (χ1) is 8.20. The normalized spacial score (nSPS) is 10.2. The van der Waals surface area contributed by atoms with E-state index in [9.17, 15) is 9.18 Å². The van der Waals surface area contributed by atoms with E-state index in [4.69, 9.17) is 10.2 Å². The van der Waals surface area contributed by atoms with Crippen LogP contribution in [0.1, 0.15) is 16.1 Å². The highest BCUT2D eigenvalue weighted by atomic mass is 19.1. The van der Waals surface area contributed by atoms with Crippen molar-refractivity contribution in [2.24, 2.45) is 5.73 Å². The van der Waals surface area contributed by atoms with Crippen LogP contribution in [0.2, 0.25) is 0 Å². The molecule has 0 spiro atoms. The van der Waals surface area contributed by atoms with Gasteiger partial charge in [0, 0.05) is 17.8 Å². The maximum absolute atomic E-state index is 13.2. The molecule has 0 saturated heterocycles. The molecule has 0 bridgehead atoms. The fourth-order valence-electron chi connectivity index (χ4n) is 1.41. The van der Waals surface area contributed by atoms with Crippen molar-refractivity contribution < 1.29 is 13.6 Å². The summed E-state index contributed by atoms with van der Waals surface area (Å²) in [6.07, 6.45) is 1.41. The quantitative estimate of drug-likeness (QED) is 0.854. The molecule has 3 N–H and O–H groups in total. The highest BCUT2D eigenvalue weighted by Gasteiger charge is 2.09. The first kappa shape index (κ1) is 11.3. The largest absolute Gasteiger partial charge is 0.459 e. The van der Waals surface area contributed by atoms with Gasteiger partial charge in [-0.3, -0.25) is 4.79 Å². The van der Waals surface area contributed by atoms with Gasteiger partial charge in [0.15, 0.2) is 5.76 Å². The van der Waals surface area contributed by atoms with E-state index in [-0.39, 0.29) is 24.0 Å². The molecule has 2 rings (SSSR count). The molecule has 1 amide bonds. The molecule has 5 heteroatoms. The number of carbonyl (C=O) groups is 1. The van der Waals surface area contributed by atoms with E-state index in [1.807, 2.05) is 0 Å². The van der Waals surface area contributed by atoms with Gasteiger partial charge < -0.3 is 15.5 Å². The van der Waals surface area contributed by atoms with Crippen LogP contribution in [-0.2, 0) is 6.54 Å². The van der Waals surface area contributed by atoms with Gasteiger partial charge in [-0.2, -0.15) is 0 Å². The fraction of sp³-hybridized carbons (Fsp3) is 0.0833. The highest BCUT2D eigenvalue weighted by molar-refractivity contribution is 6.02. The lowest BCUT2D eigenvalue weighted by Crippen LogP contribution is -2.11. The molecule has 0 aliphatic rings. The number of carbonyl (C=O) groups excluding carboxylic acids is 1. The monoisotopic (exact) mass is 234 g/mol. The number of amides is 1. The Bertz CT molecular complexity index is 523. The fourth-order valence-corrected chi connectivity index (χ4v) is 1.41. The second-order valence-corrected chi connectivity index (χ2v) is 3.44. The summed E-state index contributed by atoms with van der Waals surface area (Å²) >= 11 is 0. The Labute approximate surface area is 97.2 Å². The van der Waals surface area contributed by atoms with Crippen LogP contribution in [-0.4, -0.2) is 5.91 Å². The van der Waals surface area contributed by atoms with Crippen LogP contribution in [0, 0.1) is 5.82 Å². The average molecular weight is 234 g/mol. The zero-order valence-electron chi connectivity index (χ0n) is 8.94. The predicted octanol–water partition coefficient (Wildman–Crippen LogP) is 2.13. The topological polar surface area (TPSA) is 68.3 Å². The standard InChI is InChI=1S/C12H11FN2O2/c13-10-4-3-9(6-8(10)7-14)15-12(16)11-2-1-5-17-11/h1-6H,7,14H2,(H,15,16). The van der Waals surface area contributed by atoms with Crippen molar-refractivity contribution in [1.82, 2.24) is 0 Å². The highest BCUT2D eigenvalue weighted by Crippen LogP contribution is 2.15. The molecular weight excluding hydrogens is 223 g/mol. The van der Waals surface area contributed by atoms with Gasteiger partial charge in [-0.15, -0.1) is 0 Å². The van der Waals surface area contributed by atoms with Crippen LogP contribution in [0.4, 0.5) is 10.1 Å². The summed E-state index contributed by atoms with van der Waals surface area (Å²) in [4.78, 5) is 11.6. The first-order valence-corrected chi connectivity index (χ1v) is 5.04. The molecule has 88 valence electrons. The zero-order chi connectivity index (χ0) is 12.3. The minimum atomic E-state index is -0.386. The van der Waals surface area contributed by atoms with Crippen LogP contribution in [0.15, 0.2) is 41.0 Å². The van der Waals surface area contributed by atoms with E-state index in [0.29, 0.717) is 11.3 Å². The van der Waals surface area contributed by atoms with Gasteiger partial charge in [0.25, 0.3) is 5.91 Å². The Morgan fingerprint density at radius 1 is 1.41 bits per heavy atom. The average Bonchev–Trinajstić information content (AvgIpc) is 2.85. The zero-order valence-corrected chi connectivity index (χ0v) is 8.94. The number of halogens is 1. The lowest BCUT2D eigenvalue weighted by atomic mass is 10.2. The Kier molecular flexibility index (Phi) is 3.20. The van der Waals surface area contributed by atoms with Gasteiger partial charge in [0.05, 0.1) is 6.26 Å². The summed E-state index contributed by atoms with van der Waals surface area (Å²) in [6.45, 7) is 0.0797. The molecule has 0 unspecified atom stereocenters. The third-order valence-corrected chi connectivity index (χ3v) is 2.27. The number of nitrogens with one attached hydrogen (secondary N) is 1. The minimum Gasteiger partial charge on any atom is -0.459 e. The molecular formula is C12H11FN2O2. The number of hydrogen-bond acceptors (Lipinski definition) is 3. The number of hydrogen-bond donors (Lipinski definition) is 2. The smallest absolute Gasteiger partial charge is 0.291 e. The third kappa shape index (κ3) is 2.51. The lowest BCUT2D eigenvalue weighted by Gasteiger charge is -2.06. The lowest BCUT2D eigenvalue weighted by molar-refractivity contribution is 0.0996. The Hall–Kier alpha value is -2.14. The van der Waals surface area contributed by atoms with Gasteiger partial charge in [0.2, 0.25) is 0 Å². The number of anilines is 1. The maximum atomic E-state index is 13.2. The van der Waals surface area contributed by atoms with E-state index >= 15 is 0 Å². The third-order valence-electron chi connectivity index (χ3n) is 2.27. The number of rotatable bonds is 3. The van der Waals surface area contributed by atoms with Gasteiger partial charge >= 0.3 is 0 Å². The number of nitrogens with two attached hydrogens (primary N) is 1. The van der Waals surface area contributed by atoms with Crippen LogP contribution in [0.5, 0.6) is 0 Å². The van der Waals surface area contributed by atoms with E-state index < -0.39 is 0 Å². The van der Waals surface area contributed by atoms with Crippen molar-refractivity contribution >= 4 is 11.6 Å².